The normalized spacial score (nSPS) is 12.8. The average Bonchev–Trinajstić information content (AvgIpc) is 2.69. The zero-order valence-electron chi connectivity index (χ0n) is 14.3. The summed E-state index contributed by atoms with van der Waals surface area (Å²) in [6, 6.07) is 20.8. The van der Waals surface area contributed by atoms with E-state index in [1.54, 1.807) is 19.3 Å². The first-order valence-corrected chi connectivity index (χ1v) is 9.10. The standard InChI is InChI=1S/C21H19BrN2O2/c1-15(26-19-9-7-18(22)8-10-19)21(25)24-20(16-5-3-2-4-6-16)17-11-13-23-14-12-17/h2-15,20H,1H3,(H,24,25). The molecule has 2 aromatic carbocycles. The molecule has 1 heterocycles. The van der Waals surface area contributed by atoms with Gasteiger partial charge >= 0.3 is 0 Å². The lowest BCUT2D eigenvalue weighted by Gasteiger charge is -2.22. The van der Waals surface area contributed by atoms with Gasteiger partial charge in [-0.25, -0.2) is 0 Å². The smallest absolute Gasteiger partial charge is 0.261 e. The SMILES string of the molecule is CC(Oc1ccc(Br)cc1)C(=O)NC(c1ccccc1)c1ccncc1. The number of hydrogen-bond donors (Lipinski definition) is 1. The van der Waals surface area contributed by atoms with Gasteiger partial charge in [0.1, 0.15) is 5.75 Å². The summed E-state index contributed by atoms with van der Waals surface area (Å²) < 4.78 is 6.72. The maximum absolute atomic E-state index is 12.7. The first-order chi connectivity index (χ1) is 12.6. The van der Waals surface area contributed by atoms with E-state index >= 15 is 0 Å². The van der Waals surface area contributed by atoms with Crippen LogP contribution in [0.5, 0.6) is 5.75 Å². The number of nitrogens with zero attached hydrogens (tertiary/aromatic N) is 1. The van der Waals surface area contributed by atoms with E-state index in [4.69, 9.17) is 4.74 Å². The van der Waals surface area contributed by atoms with Crippen LogP contribution in [0.2, 0.25) is 0 Å². The van der Waals surface area contributed by atoms with Gasteiger partial charge in [-0.05, 0) is 54.4 Å². The van der Waals surface area contributed by atoms with Crippen molar-refractivity contribution in [1.29, 1.82) is 0 Å². The zero-order valence-corrected chi connectivity index (χ0v) is 15.9. The van der Waals surface area contributed by atoms with Crippen LogP contribution in [-0.4, -0.2) is 17.0 Å². The van der Waals surface area contributed by atoms with Crippen LogP contribution in [0.15, 0.2) is 83.6 Å². The molecule has 132 valence electrons. The number of halogens is 1. The zero-order chi connectivity index (χ0) is 18.4. The summed E-state index contributed by atoms with van der Waals surface area (Å²) in [5, 5.41) is 3.08. The first kappa shape index (κ1) is 18.1. The Balaban J connectivity index is 1.75. The largest absolute Gasteiger partial charge is 0.481 e. The fourth-order valence-corrected chi connectivity index (χ4v) is 2.86. The molecule has 0 fully saturated rings. The van der Waals surface area contributed by atoms with E-state index in [1.807, 2.05) is 66.7 Å². The number of aromatic nitrogens is 1. The molecule has 0 aliphatic heterocycles. The van der Waals surface area contributed by atoms with Crippen molar-refractivity contribution in [1.82, 2.24) is 10.3 Å². The van der Waals surface area contributed by atoms with Crippen LogP contribution in [0.25, 0.3) is 0 Å². The summed E-state index contributed by atoms with van der Waals surface area (Å²) >= 11 is 3.39. The van der Waals surface area contributed by atoms with Crippen LogP contribution in [0, 0.1) is 0 Å². The van der Waals surface area contributed by atoms with Gasteiger partial charge in [-0.15, -0.1) is 0 Å². The Hall–Kier alpha value is -2.66. The van der Waals surface area contributed by atoms with Crippen LogP contribution < -0.4 is 10.1 Å². The maximum Gasteiger partial charge on any atom is 0.261 e. The van der Waals surface area contributed by atoms with Gasteiger partial charge < -0.3 is 10.1 Å². The molecule has 0 radical (unpaired) electrons. The molecule has 5 heteroatoms. The van der Waals surface area contributed by atoms with Crippen molar-refractivity contribution in [3.8, 4) is 5.75 Å². The van der Waals surface area contributed by atoms with E-state index in [-0.39, 0.29) is 11.9 Å². The number of carbonyl (C=O) groups excluding carboxylic acids is 1. The Bertz CT molecular complexity index is 799. The number of rotatable bonds is 6. The minimum atomic E-state index is -0.621. The van der Waals surface area contributed by atoms with E-state index in [2.05, 4.69) is 26.2 Å². The van der Waals surface area contributed by atoms with Crippen LogP contribution in [-0.2, 0) is 4.79 Å². The Kier molecular flexibility index (Phi) is 6.02. The fraction of sp³-hybridized carbons (Fsp3) is 0.143. The molecule has 1 N–H and O–H groups in total. The third kappa shape index (κ3) is 4.70. The van der Waals surface area contributed by atoms with Crippen molar-refractivity contribution in [2.24, 2.45) is 0 Å². The lowest BCUT2D eigenvalue weighted by molar-refractivity contribution is -0.127. The summed E-state index contributed by atoms with van der Waals surface area (Å²) in [4.78, 5) is 16.8. The van der Waals surface area contributed by atoms with E-state index in [0.29, 0.717) is 5.75 Å². The van der Waals surface area contributed by atoms with Crippen molar-refractivity contribution < 1.29 is 9.53 Å². The first-order valence-electron chi connectivity index (χ1n) is 8.31. The summed E-state index contributed by atoms with van der Waals surface area (Å²) in [7, 11) is 0. The molecule has 3 aromatic rings. The van der Waals surface area contributed by atoms with E-state index in [9.17, 15) is 4.79 Å². The van der Waals surface area contributed by atoms with E-state index in [0.717, 1.165) is 15.6 Å². The molecule has 2 atom stereocenters. The number of ether oxygens (including phenoxy) is 1. The highest BCUT2D eigenvalue weighted by molar-refractivity contribution is 9.10. The van der Waals surface area contributed by atoms with Crippen molar-refractivity contribution in [2.45, 2.75) is 19.1 Å². The third-order valence-electron chi connectivity index (χ3n) is 3.95. The lowest BCUT2D eigenvalue weighted by Crippen LogP contribution is -2.39. The second-order valence-corrected chi connectivity index (χ2v) is 6.76. The number of carbonyl (C=O) groups is 1. The monoisotopic (exact) mass is 410 g/mol. The highest BCUT2D eigenvalue weighted by atomic mass is 79.9. The molecule has 26 heavy (non-hydrogen) atoms. The molecule has 1 amide bonds. The third-order valence-corrected chi connectivity index (χ3v) is 4.48. The molecule has 0 spiro atoms. The van der Waals surface area contributed by atoms with Gasteiger partial charge in [0.15, 0.2) is 6.10 Å². The maximum atomic E-state index is 12.7. The fourth-order valence-electron chi connectivity index (χ4n) is 2.59. The highest BCUT2D eigenvalue weighted by Crippen LogP contribution is 2.22. The van der Waals surface area contributed by atoms with Crippen LogP contribution in [0.3, 0.4) is 0 Å². The van der Waals surface area contributed by atoms with Gasteiger partial charge in [0.25, 0.3) is 5.91 Å². The molecular weight excluding hydrogens is 392 g/mol. The van der Waals surface area contributed by atoms with Crippen molar-refractivity contribution in [3.05, 3.63) is 94.7 Å². The average molecular weight is 411 g/mol. The van der Waals surface area contributed by atoms with Gasteiger partial charge in [-0.1, -0.05) is 46.3 Å². The molecule has 2 unspecified atom stereocenters. The topological polar surface area (TPSA) is 51.2 Å². The molecule has 4 nitrogen and oxygen atoms in total. The second kappa shape index (κ2) is 8.63. The van der Waals surface area contributed by atoms with Gasteiger partial charge in [0.05, 0.1) is 6.04 Å². The predicted octanol–water partition coefficient (Wildman–Crippen LogP) is 4.52. The molecule has 0 aliphatic rings. The molecule has 0 bridgehead atoms. The molecule has 0 aliphatic carbocycles. The number of nitrogens with one attached hydrogen (secondary N) is 1. The van der Waals surface area contributed by atoms with Crippen molar-refractivity contribution in [2.75, 3.05) is 0 Å². The Morgan fingerprint density at radius 2 is 1.58 bits per heavy atom. The predicted molar refractivity (Wildman–Crippen MR) is 105 cm³/mol. The lowest BCUT2D eigenvalue weighted by atomic mass is 9.99. The summed E-state index contributed by atoms with van der Waals surface area (Å²) in [6.45, 7) is 1.74. The summed E-state index contributed by atoms with van der Waals surface area (Å²) in [5.41, 5.74) is 1.97. The van der Waals surface area contributed by atoms with Crippen LogP contribution in [0.1, 0.15) is 24.1 Å². The van der Waals surface area contributed by atoms with Crippen molar-refractivity contribution >= 4 is 21.8 Å². The minimum absolute atomic E-state index is 0.182. The van der Waals surface area contributed by atoms with Gasteiger partial charge in [-0.3, -0.25) is 9.78 Å². The summed E-state index contributed by atoms with van der Waals surface area (Å²) in [6.07, 6.45) is 2.82. The van der Waals surface area contributed by atoms with Crippen LogP contribution >= 0.6 is 15.9 Å². The molecule has 0 saturated heterocycles. The molecular formula is C21H19BrN2O2. The number of benzene rings is 2. The number of pyridine rings is 1. The highest BCUT2D eigenvalue weighted by Gasteiger charge is 2.21. The second-order valence-electron chi connectivity index (χ2n) is 5.85. The number of hydrogen-bond acceptors (Lipinski definition) is 3. The van der Waals surface area contributed by atoms with Gasteiger partial charge in [0.2, 0.25) is 0 Å². The van der Waals surface area contributed by atoms with Crippen molar-refractivity contribution in [3.63, 3.8) is 0 Å². The van der Waals surface area contributed by atoms with Crippen LogP contribution in [0.4, 0.5) is 0 Å². The number of amides is 1. The van der Waals surface area contributed by atoms with E-state index in [1.165, 1.54) is 0 Å². The van der Waals surface area contributed by atoms with E-state index < -0.39 is 6.10 Å². The summed E-state index contributed by atoms with van der Waals surface area (Å²) in [5.74, 6) is 0.467. The van der Waals surface area contributed by atoms with Gasteiger partial charge in [-0.2, -0.15) is 0 Å². The Morgan fingerprint density at radius 1 is 0.962 bits per heavy atom. The Morgan fingerprint density at radius 3 is 2.23 bits per heavy atom. The molecule has 1 aromatic heterocycles. The van der Waals surface area contributed by atoms with Gasteiger partial charge in [0, 0.05) is 16.9 Å². The quantitative estimate of drug-likeness (QED) is 0.649. The minimum Gasteiger partial charge on any atom is -0.481 e. The molecule has 0 saturated carbocycles. The molecule has 3 rings (SSSR count). The Labute approximate surface area is 161 Å².